The zero-order chi connectivity index (χ0) is 10.8. The summed E-state index contributed by atoms with van der Waals surface area (Å²) in [4.78, 5) is 10.5. The van der Waals surface area contributed by atoms with Crippen molar-refractivity contribution in [1.29, 1.82) is 0 Å². The van der Waals surface area contributed by atoms with Crippen molar-refractivity contribution < 1.29 is 4.74 Å². The molecule has 0 N–H and O–H groups in total. The van der Waals surface area contributed by atoms with E-state index in [9.17, 15) is 0 Å². The second-order valence-corrected chi connectivity index (χ2v) is 4.71. The Balaban J connectivity index is 2.20. The van der Waals surface area contributed by atoms with Gasteiger partial charge in [0.1, 0.15) is 12.1 Å². The van der Waals surface area contributed by atoms with E-state index < -0.39 is 0 Å². The number of aromatic nitrogens is 2. The molecule has 1 aromatic heterocycles. The fourth-order valence-corrected chi connectivity index (χ4v) is 2.36. The first-order chi connectivity index (χ1) is 7.16. The second-order valence-electron chi connectivity index (χ2n) is 3.86. The van der Waals surface area contributed by atoms with Crippen LogP contribution in [-0.2, 0) is 4.74 Å². The van der Waals surface area contributed by atoms with E-state index >= 15 is 0 Å². The Morgan fingerprint density at radius 2 is 2.07 bits per heavy atom. The molecule has 1 aromatic rings. The van der Waals surface area contributed by atoms with E-state index in [0.717, 1.165) is 23.4 Å². The minimum absolute atomic E-state index is 0.246. The predicted molar refractivity (Wildman–Crippen MR) is 62.0 cm³/mol. The molecule has 0 unspecified atom stereocenters. The first-order valence-electron chi connectivity index (χ1n) is 5.02. The van der Waals surface area contributed by atoms with Gasteiger partial charge in [-0.05, 0) is 29.8 Å². The molecule has 0 saturated carbocycles. The average molecular weight is 272 g/mol. The van der Waals surface area contributed by atoms with E-state index in [0.29, 0.717) is 0 Å². The lowest BCUT2D eigenvalue weighted by Gasteiger charge is -2.36. The Morgan fingerprint density at radius 3 is 2.67 bits per heavy atom. The molecule has 1 aliphatic heterocycles. The van der Waals surface area contributed by atoms with Gasteiger partial charge in [0.05, 0.1) is 16.7 Å². The molecule has 15 heavy (non-hydrogen) atoms. The minimum Gasteiger partial charge on any atom is -0.372 e. The standard InChI is InChI=1S/C10H14BrN3O/c1-7-4-14(5-8(2)15-7)10-9(11)3-12-6-13-10/h3,6-8H,4-5H2,1-2H3/t7-,8+. The summed E-state index contributed by atoms with van der Waals surface area (Å²) in [6.45, 7) is 5.91. The number of morpholine rings is 1. The first kappa shape index (κ1) is 10.8. The molecule has 2 atom stereocenters. The third-order valence-electron chi connectivity index (χ3n) is 2.37. The number of ether oxygens (including phenoxy) is 1. The molecule has 82 valence electrons. The molecule has 0 aromatic carbocycles. The van der Waals surface area contributed by atoms with E-state index in [-0.39, 0.29) is 12.2 Å². The van der Waals surface area contributed by atoms with Crippen molar-refractivity contribution in [3.63, 3.8) is 0 Å². The number of nitrogens with zero attached hydrogens (tertiary/aromatic N) is 3. The maximum Gasteiger partial charge on any atom is 0.146 e. The Bertz CT molecular complexity index is 337. The smallest absolute Gasteiger partial charge is 0.146 e. The van der Waals surface area contributed by atoms with E-state index in [1.807, 2.05) is 0 Å². The molecule has 0 amide bonds. The molecule has 2 heterocycles. The summed E-state index contributed by atoms with van der Waals surface area (Å²) in [6, 6.07) is 0. The second kappa shape index (κ2) is 4.45. The highest BCUT2D eigenvalue weighted by molar-refractivity contribution is 9.10. The van der Waals surface area contributed by atoms with Gasteiger partial charge < -0.3 is 9.64 Å². The van der Waals surface area contributed by atoms with Gasteiger partial charge in [-0.2, -0.15) is 0 Å². The Morgan fingerprint density at radius 1 is 1.40 bits per heavy atom. The number of hydrogen-bond donors (Lipinski definition) is 0. The zero-order valence-electron chi connectivity index (χ0n) is 8.85. The third-order valence-corrected chi connectivity index (χ3v) is 2.93. The molecule has 0 radical (unpaired) electrons. The number of halogens is 1. The van der Waals surface area contributed by atoms with Crippen LogP contribution in [0.5, 0.6) is 0 Å². The Labute approximate surface area is 97.8 Å². The van der Waals surface area contributed by atoms with Crippen molar-refractivity contribution in [2.75, 3.05) is 18.0 Å². The minimum atomic E-state index is 0.246. The van der Waals surface area contributed by atoms with Gasteiger partial charge in [0, 0.05) is 19.3 Å². The van der Waals surface area contributed by atoms with Crippen molar-refractivity contribution >= 4 is 21.7 Å². The highest BCUT2D eigenvalue weighted by Gasteiger charge is 2.24. The predicted octanol–water partition coefficient (Wildman–Crippen LogP) is 1.85. The van der Waals surface area contributed by atoms with Crippen LogP contribution < -0.4 is 4.90 Å². The molecule has 4 nitrogen and oxygen atoms in total. The topological polar surface area (TPSA) is 38.2 Å². The Kier molecular flexibility index (Phi) is 3.21. The number of hydrogen-bond acceptors (Lipinski definition) is 4. The van der Waals surface area contributed by atoms with Crippen LogP contribution in [0.4, 0.5) is 5.82 Å². The largest absolute Gasteiger partial charge is 0.372 e. The molecule has 0 aliphatic carbocycles. The van der Waals surface area contributed by atoms with Crippen LogP contribution in [-0.4, -0.2) is 35.3 Å². The van der Waals surface area contributed by atoms with Crippen molar-refractivity contribution in [2.45, 2.75) is 26.1 Å². The van der Waals surface area contributed by atoms with E-state index in [1.165, 1.54) is 0 Å². The summed E-state index contributed by atoms with van der Waals surface area (Å²) < 4.78 is 6.61. The molecule has 5 heteroatoms. The monoisotopic (exact) mass is 271 g/mol. The summed E-state index contributed by atoms with van der Waals surface area (Å²) in [5.41, 5.74) is 0. The maximum atomic E-state index is 5.68. The highest BCUT2D eigenvalue weighted by atomic mass is 79.9. The van der Waals surface area contributed by atoms with Gasteiger partial charge >= 0.3 is 0 Å². The van der Waals surface area contributed by atoms with E-state index in [1.54, 1.807) is 12.5 Å². The average Bonchev–Trinajstić information content (AvgIpc) is 2.16. The fraction of sp³-hybridized carbons (Fsp3) is 0.600. The normalized spacial score (nSPS) is 26.7. The summed E-state index contributed by atoms with van der Waals surface area (Å²) >= 11 is 3.46. The van der Waals surface area contributed by atoms with Crippen LogP contribution >= 0.6 is 15.9 Å². The van der Waals surface area contributed by atoms with Crippen molar-refractivity contribution in [3.8, 4) is 0 Å². The first-order valence-corrected chi connectivity index (χ1v) is 5.82. The molecule has 1 aliphatic rings. The van der Waals surface area contributed by atoms with Gasteiger partial charge in [-0.1, -0.05) is 0 Å². The van der Waals surface area contributed by atoms with Crippen LogP contribution in [0.25, 0.3) is 0 Å². The van der Waals surface area contributed by atoms with Gasteiger partial charge in [-0.25, -0.2) is 9.97 Å². The molecule has 2 rings (SSSR count). The van der Waals surface area contributed by atoms with E-state index in [2.05, 4.69) is 44.6 Å². The lowest BCUT2D eigenvalue weighted by Crippen LogP contribution is -2.46. The zero-order valence-corrected chi connectivity index (χ0v) is 10.4. The molecular weight excluding hydrogens is 258 g/mol. The number of rotatable bonds is 1. The summed E-state index contributed by atoms with van der Waals surface area (Å²) in [6.07, 6.45) is 3.84. The summed E-state index contributed by atoms with van der Waals surface area (Å²) in [7, 11) is 0. The van der Waals surface area contributed by atoms with Crippen LogP contribution in [0.3, 0.4) is 0 Å². The molecular formula is C10H14BrN3O. The highest BCUT2D eigenvalue weighted by Crippen LogP contribution is 2.25. The van der Waals surface area contributed by atoms with Crippen LogP contribution in [0.15, 0.2) is 17.0 Å². The lowest BCUT2D eigenvalue weighted by molar-refractivity contribution is -0.00550. The van der Waals surface area contributed by atoms with Crippen LogP contribution in [0.2, 0.25) is 0 Å². The quantitative estimate of drug-likeness (QED) is 0.782. The van der Waals surface area contributed by atoms with Gasteiger partial charge in [0.2, 0.25) is 0 Å². The van der Waals surface area contributed by atoms with Gasteiger partial charge in [-0.15, -0.1) is 0 Å². The SMILES string of the molecule is C[C@@H]1CN(c2ncncc2Br)C[C@H](C)O1. The molecule has 1 fully saturated rings. The molecule has 1 saturated heterocycles. The molecule has 0 bridgehead atoms. The maximum absolute atomic E-state index is 5.68. The van der Waals surface area contributed by atoms with Gasteiger partial charge in [0.15, 0.2) is 0 Å². The van der Waals surface area contributed by atoms with Crippen LogP contribution in [0.1, 0.15) is 13.8 Å². The summed E-state index contributed by atoms with van der Waals surface area (Å²) in [5.74, 6) is 0.951. The molecule has 0 spiro atoms. The third kappa shape index (κ3) is 2.46. The number of anilines is 1. The van der Waals surface area contributed by atoms with E-state index in [4.69, 9.17) is 4.74 Å². The van der Waals surface area contributed by atoms with Crippen molar-refractivity contribution in [1.82, 2.24) is 9.97 Å². The Hall–Kier alpha value is -0.680. The van der Waals surface area contributed by atoms with Gasteiger partial charge in [0.25, 0.3) is 0 Å². The summed E-state index contributed by atoms with van der Waals surface area (Å²) in [5, 5.41) is 0. The van der Waals surface area contributed by atoms with Crippen LogP contribution in [0, 0.1) is 0 Å². The lowest BCUT2D eigenvalue weighted by atomic mass is 10.2. The fourth-order valence-electron chi connectivity index (χ4n) is 1.89. The van der Waals surface area contributed by atoms with Crippen molar-refractivity contribution in [3.05, 3.63) is 17.0 Å². The van der Waals surface area contributed by atoms with Gasteiger partial charge in [-0.3, -0.25) is 0 Å². The van der Waals surface area contributed by atoms with Crippen molar-refractivity contribution in [2.24, 2.45) is 0 Å².